The molecule has 144 valence electrons. The van der Waals surface area contributed by atoms with E-state index < -0.39 is 0 Å². The number of nitrogens with one attached hydrogen (secondary N) is 2. The average Bonchev–Trinajstić information content (AvgIpc) is 3.30. The summed E-state index contributed by atoms with van der Waals surface area (Å²) >= 11 is 1.69. The van der Waals surface area contributed by atoms with E-state index in [4.69, 9.17) is 0 Å². The van der Waals surface area contributed by atoms with Crippen LogP contribution in [0, 0.1) is 0 Å². The maximum Gasteiger partial charge on any atom is 0.238 e. The van der Waals surface area contributed by atoms with Crippen molar-refractivity contribution in [3.8, 4) is 11.1 Å². The molecule has 2 N–H and O–H groups in total. The van der Waals surface area contributed by atoms with Gasteiger partial charge in [0.2, 0.25) is 5.91 Å². The van der Waals surface area contributed by atoms with Crippen molar-refractivity contribution in [1.82, 2.24) is 5.32 Å². The SMILES string of the molecule is O=C(CN[C@H](c1ccccc1)c1cccs1)Nc1ccccc1-c1ccccc1. The smallest absolute Gasteiger partial charge is 0.238 e. The fourth-order valence-electron chi connectivity index (χ4n) is 3.33. The summed E-state index contributed by atoms with van der Waals surface area (Å²) in [5.41, 5.74) is 4.06. The second-order valence-corrected chi connectivity index (χ2v) is 7.68. The molecule has 0 saturated heterocycles. The van der Waals surface area contributed by atoms with Crippen LogP contribution >= 0.6 is 11.3 Å². The minimum absolute atomic E-state index is 0.00804. The van der Waals surface area contributed by atoms with Crippen molar-refractivity contribution < 1.29 is 4.79 Å². The molecule has 0 aliphatic heterocycles. The van der Waals surface area contributed by atoms with Crippen molar-refractivity contribution in [3.05, 3.63) is 113 Å². The van der Waals surface area contributed by atoms with Gasteiger partial charge in [-0.1, -0.05) is 84.9 Å². The van der Waals surface area contributed by atoms with Gasteiger partial charge < -0.3 is 5.32 Å². The van der Waals surface area contributed by atoms with E-state index in [1.807, 2.05) is 78.9 Å². The Labute approximate surface area is 175 Å². The molecule has 0 unspecified atom stereocenters. The van der Waals surface area contributed by atoms with Gasteiger partial charge in [0.05, 0.1) is 12.6 Å². The minimum Gasteiger partial charge on any atom is -0.324 e. The highest BCUT2D eigenvalue weighted by Gasteiger charge is 2.16. The second kappa shape index (κ2) is 9.32. The van der Waals surface area contributed by atoms with Crippen molar-refractivity contribution in [1.29, 1.82) is 0 Å². The van der Waals surface area contributed by atoms with Gasteiger partial charge in [0.15, 0.2) is 0 Å². The molecule has 29 heavy (non-hydrogen) atoms. The number of carbonyl (C=O) groups is 1. The Morgan fingerprint density at radius 1 is 0.793 bits per heavy atom. The quantitative estimate of drug-likeness (QED) is 0.417. The molecule has 4 heteroatoms. The van der Waals surface area contributed by atoms with Crippen molar-refractivity contribution in [2.24, 2.45) is 0 Å². The van der Waals surface area contributed by atoms with Crippen LogP contribution < -0.4 is 10.6 Å². The van der Waals surface area contributed by atoms with E-state index in [9.17, 15) is 4.79 Å². The molecule has 0 fully saturated rings. The van der Waals surface area contributed by atoms with Crippen LogP contribution in [0.5, 0.6) is 0 Å². The van der Waals surface area contributed by atoms with Crippen molar-refractivity contribution in [2.45, 2.75) is 6.04 Å². The number of rotatable bonds is 7. The fraction of sp³-hybridized carbons (Fsp3) is 0.0800. The van der Waals surface area contributed by atoms with Gasteiger partial charge in [-0.3, -0.25) is 10.1 Å². The number of hydrogen-bond acceptors (Lipinski definition) is 3. The lowest BCUT2D eigenvalue weighted by molar-refractivity contribution is -0.115. The molecule has 4 aromatic rings. The molecule has 1 heterocycles. The standard InChI is InChI=1S/C25H22N2OS/c28-24(27-22-15-8-7-14-21(22)19-10-3-1-4-11-19)18-26-25(23-16-9-17-29-23)20-12-5-2-6-13-20/h1-17,25-26H,18H2,(H,27,28)/t25-/m1/s1. The van der Waals surface area contributed by atoms with Crippen LogP contribution in [0.2, 0.25) is 0 Å². The van der Waals surface area contributed by atoms with Crippen LogP contribution in [0.15, 0.2) is 102 Å². The lowest BCUT2D eigenvalue weighted by atomic mass is 10.0. The first-order valence-electron chi connectivity index (χ1n) is 9.57. The van der Waals surface area contributed by atoms with Crippen LogP contribution in [0.1, 0.15) is 16.5 Å². The molecule has 1 aromatic heterocycles. The third kappa shape index (κ3) is 4.80. The molecule has 0 radical (unpaired) electrons. The first kappa shape index (κ1) is 19.1. The molecule has 0 aliphatic rings. The van der Waals surface area contributed by atoms with Gasteiger partial charge in [0.25, 0.3) is 0 Å². The normalized spacial score (nSPS) is 11.7. The number of anilines is 1. The highest BCUT2D eigenvalue weighted by molar-refractivity contribution is 7.10. The van der Waals surface area contributed by atoms with Gasteiger partial charge in [-0.05, 0) is 28.6 Å². The third-order valence-corrected chi connectivity index (χ3v) is 5.65. The van der Waals surface area contributed by atoms with E-state index in [-0.39, 0.29) is 18.5 Å². The summed E-state index contributed by atoms with van der Waals surface area (Å²) in [5, 5.41) is 8.54. The molecule has 1 atom stereocenters. The lowest BCUT2D eigenvalue weighted by Crippen LogP contribution is -2.31. The first-order chi connectivity index (χ1) is 14.3. The molecule has 0 bridgehead atoms. The van der Waals surface area contributed by atoms with Gasteiger partial charge >= 0.3 is 0 Å². The highest BCUT2D eigenvalue weighted by Crippen LogP contribution is 2.28. The third-order valence-electron chi connectivity index (χ3n) is 4.71. The molecular formula is C25H22N2OS. The van der Waals surface area contributed by atoms with Gasteiger partial charge in [-0.2, -0.15) is 0 Å². The van der Waals surface area contributed by atoms with Gasteiger partial charge in [0, 0.05) is 16.1 Å². The van der Waals surface area contributed by atoms with Crippen LogP contribution in [0.3, 0.4) is 0 Å². The zero-order valence-corrected chi connectivity index (χ0v) is 16.7. The Hall–Kier alpha value is -3.21. The predicted octanol–water partition coefficient (Wildman–Crippen LogP) is 5.73. The molecule has 0 aliphatic carbocycles. The van der Waals surface area contributed by atoms with Crippen molar-refractivity contribution >= 4 is 22.9 Å². The summed E-state index contributed by atoms with van der Waals surface area (Å²) in [6, 6.07) is 32.3. The summed E-state index contributed by atoms with van der Waals surface area (Å²) < 4.78 is 0. The van der Waals surface area contributed by atoms with Crippen molar-refractivity contribution in [3.63, 3.8) is 0 Å². The number of thiophene rings is 1. The Morgan fingerprint density at radius 3 is 2.21 bits per heavy atom. The largest absolute Gasteiger partial charge is 0.324 e. The molecule has 1 amide bonds. The number of hydrogen-bond donors (Lipinski definition) is 2. The maximum atomic E-state index is 12.7. The average molecular weight is 399 g/mol. The monoisotopic (exact) mass is 398 g/mol. The number of carbonyl (C=O) groups excluding carboxylic acids is 1. The van der Waals surface area contributed by atoms with E-state index in [0.29, 0.717) is 0 Å². The Balaban J connectivity index is 1.48. The molecule has 3 aromatic carbocycles. The summed E-state index contributed by atoms with van der Waals surface area (Å²) in [4.78, 5) is 13.9. The van der Waals surface area contributed by atoms with E-state index in [2.05, 4.69) is 34.2 Å². The Bertz CT molecular complexity index is 1050. The highest BCUT2D eigenvalue weighted by atomic mass is 32.1. The van der Waals surface area contributed by atoms with E-state index in [1.54, 1.807) is 11.3 Å². The van der Waals surface area contributed by atoms with E-state index in [1.165, 1.54) is 4.88 Å². The van der Waals surface area contributed by atoms with Crippen molar-refractivity contribution in [2.75, 3.05) is 11.9 Å². The van der Waals surface area contributed by atoms with Crippen LogP contribution in [0.25, 0.3) is 11.1 Å². The summed E-state index contributed by atoms with van der Waals surface area (Å²) in [7, 11) is 0. The zero-order chi connectivity index (χ0) is 19.9. The molecule has 4 rings (SSSR count). The Kier molecular flexibility index (Phi) is 6.15. The topological polar surface area (TPSA) is 41.1 Å². The summed E-state index contributed by atoms with van der Waals surface area (Å²) in [5.74, 6) is -0.0640. The molecular weight excluding hydrogens is 376 g/mol. The summed E-state index contributed by atoms with van der Waals surface area (Å²) in [6.07, 6.45) is 0. The number of benzene rings is 3. The maximum absolute atomic E-state index is 12.7. The number of para-hydroxylation sites is 1. The lowest BCUT2D eigenvalue weighted by Gasteiger charge is -2.18. The van der Waals surface area contributed by atoms with Gasteiger partial charge in [0.1, 0.15) is 0 Å². The van der Waals surface area contributed by atoms with Gasteiger partial charge in [-0.15, -0.1) is 11.3 Å². The fourth-order valence-corrected chi connectivity index (χ4v) is 4.16. The predicted molar refractivity (Wildman–Crippen MR) is 121 cm³/mol. The molecule has 3 nitrogen and oxygen atoms in total. The molecule has 0 spiro atoms. The van der Waals surface area contributed by atoms with Gasteiger partial charge in [-0.25, -0.2) is 0 Å². The van der Waals surface area contributed by atoms with Crippen LogP contribution in [-0.2, 0) is 4.79 Å². The van der Waals surface area contributed by atoms with Crippen LogP contribution in [-0.4, -0.2) is 12.5 Å². The molecule has 0 saturated carbocycles. The zero-order valence-electron chi connectivity index (χ0n) is 15.9. The first-order valence-corrected chi connectivity index (χ1v) is 10.5. The van der Waals surface area contributed by atoms with E-state index in [0.717, 1.165) is 22.4 Å². The Morgan fingerprint density at radius 2 is 1.48 bits per heavy atom. The van der Waals surface area contributed by atoms with E-state index >= 15 is 0 Å². The minimum atomic E-state index is -0.0640. The summed E-state index contributed by atoms with van der Waals surface area (Å²) in [6.45, 7) is 0.223. The van der Waals surface area contributed by atoms with Crippen LogP contribution in [0.4, 0.5) is 5.69 Å². The number of amides is 1. The second-order valence-electron chi connectivity index (χ2n) is 6.70.